The molecule has 0 amide bonds. The molecular formula is C10H16O2. The third-order valence-corrected chi connectivity index (χ3v) is 1.75. The zero-order chi connectivity index (χ0) is 9.56. The van der Waals surface area contributed by atoms with Crippen LogP contribution in [-0.2, 0) is 9.53 Å². The van der Waals surface area contributed by atoms with Gasteiger partial charge in [0.2, 0.25) is 0 Å². The molecule has 1 unspecified atom stereocenters. The second-order valence-electron chi connectivity index (χ2n) is 2.64. The summed E-state index contributed by atoms with van der Waals surface area (Å²) in [6, 6.07) is 0. The van der Waals surface area contributed by atoms with Crippen LogP contribution in [0, 0.1) is 5.92 Å². The van der Waals surface area contributed by atoms with E-state index in [1.807, 2.05) is 19.1 Å². The molecule has 0 N–H and O–H groups in total. The summed E-state index contributed by atoms with van der Waals surface area (Å²) < 4.78 is 4.92. The Kier molecular flexibility index (Phi) is 5.09. The van der Waals surface area contributed by atoms with Gasteiger partial charge in [-0.15, -0.1) is 0 Å². The Morgan fingerprint density at radius 1 is 1.67 bits per heavy atom. The highest BCUT2D eigenvalue weighted by Gasteiger charge is 2.16. The number of carbonyl (C=O) groups excluding carboxylic acids is 1. The minimum absolute atomic E-state index is 0.0972. The van der Waals surface area contributed by atoms with E-state index in [-0.39, 0.29) is 11.7 Å². The molecule has 0 aromatic rings. The number of allylic oxidation sites excluding steroid dienone is 3. The summed E-state index contributed by atoms with van der Waals surface area (Å²) in [6.45, 7) is 7.15. The molecule has 0 saturated heterocycles. The lowest BCUT2D eigenvalue weighted by atomic mass is 9.99. The van der Waals surface area contributed by atoms with E-state index in [0.29, 0.717) is 12.2 Å². The van der Waals surface area contributed by atoms with E-state index in [1.54, 1.807) is 6.92 Å². The minimum Gasteiger partial charge on any atom is -0.501 e. The Hall–Kier alpha value is -1.05. The number of ether oxygens (including phenoxy) is 1. The molecule has 0 aliphatic rings. The van der Waals surface area contributed by atoms with Gasteiger partial charge in [-0.05, 0) is 20.3 Å². The number of hydrogen-bond donors (Lipinski definition) is 0. The lowest BCUT2D eigenvalue weighted by Crippen LogP contribution is -2.13. The van der Waals surface area contributed by atoms with Gasteiger partial charge in [-0.2, -0.15) is 0 Å². The summed E-state index contributed by atoms with van der Waals surface area (Å²) >= 11 is 0. The highest BCUT2D eigenvalue weighted by Crippen LogP contribution is 2.15. The zero-order valence-corrected chi connectivity index (χ0v) is 7.96. The van der Waals surface area contributed by atoms with E-state index in [1.165, 1.54) is 7.11 Å². The molecule has 0 saturated carbocycles. The van der Waals surface area contributed by atoms with Crippen LogP contribution in [0.4, 0.5) is 0 Å². The summed E-state index contributed by atoms with van der Waals surface area (Å²) in [4.78, 5) is 11.1. The molecule has 0 aliphatic heterocycles. The van der Waals surface area contributed by atoms with Crippen molar-refractivity contribution in [1.82, 2.24) is 0 Å². The molecule has 0 fully saturated rings. The van der Waals surface area contributed by atoms with Gasteiger partial charge in [0.15, 0.2) is 0 Å². The number of methoxy groups -OCH3 is 1. The van der Waals surface area contributed by atoms with Crippen LogP contribution in [-0.4, -0.2) is 12.9 Å². The van der Waals surface area contributed by atoms with Crippen LogP contribution in [0.2, 0.25) is 0 Å². The molecule has 0 radical (unpaired) electrons. The Labute approximate surface area is 73.9 Å². The molecule has 0 aliphatic carbocycles. The van der Waals surface area contributed by atoms with Gasteiger partial charge < -0.3 is 4.74 Å². The monoisotopic (exact) mass is 168 g/mol. The Bertz CT molecular complexity index is 192. The first kappa shape index (κ1) is 11.0. The normalized spacial score (nSPS) is 12.9. The molecule has 68 valence electrons. The molecule has 0 rings (SSSR count). The van der Waals surface area contributed by atoms with Gasteiger partial charge in [0.05, 0.1) is 18.8 Å². The van der Waals surface area contributed by atoms with Crippen molar-refractivity contribution in [2.24, 2.45) is 5.92 Å². The first-order valence-corrected chi connectivity index (χ1v) is 3.97. The van der Waals surface area contributed by atoms with Gasteiger partial charge in [0.25, 0.3) is 0 Å². The van der Waals surface area contributed by atoms with E-state index >= 15 is 0 Å². The van der Waals surface area contributed by atoms with Crippen molar-refractivity contribution >= 4 is 5.78 Å². The molecule has 2 heteroatoms. The van der Waals surface area contributed by atoms with Crippen molar-refractivity contribution in [1.29, 1.82) is 0 Å². The molecule has 0 heterocycles. The topological polar surface area (TPSA) is 26.3 Å². The summed E-state index contributed by atoms with van der Waals surface area (Å²) in [5.41, 5.74) is 0. The maximum Gasteiger partial charge on any atom is 0.140 e. The van der Waals surface area contributed by atoms with Gasteiger partial charge >= 0.3 is 0 Å². The number of hydrogen-bond acceptors (Lipinski definition) is 2. The highest BCUT2D eigenvalue weighted by atomic mass is 16.5. The van der Waals surface area contributed by atoms with Crippen LogP contribution >= 0.6 is 0 Å². The minimum atomic E-state index is -0.189. The number of Topliss-reactive ketones (excluding diaryl/α,β-unsaturated/α-hetero) is 1. The smallest absolute Gasteiger partial charge is 0.140 e. The second kappa shape index (κ2) is 5.58. The van der Waals surface area contributed by atoms with E-state index in [4.69, 9.17) is 4.74 Å². The Morgan fingerprint density at radius 2 is 2.25 bits per heavy atom. The predicted molar refractivity (Wildman–Crippen MR) is 49.8 cm³/mol. The fourth-order valence-electron chi connectivity index (χ4n) is 0.939. The van der Waals surface area contributed by atoms with Crippen molar-refractivity contribution in [3.05, 3.63) is 24.5 Å². The second-order valence-corrected chi connectivity index (χ2v) is 2.64. The van der Waals surface area contributed by atoms with Gasteiger partial charge in [-0.3, -0.25) is 4.79 Å². The van der Waals surface area contributed by atoms with Crippen LogP contribution in [0.5, 0.6) is 0 Å². The lowest BCUT2D eigenvalue weighted by molar-refractivity contribution is -0.120. The van der Waals surface area contributed by atoms with Gasteiger partial charge in [-0.1, -0.05) is 18.7 Å². The average molecular weight is 168 g/mol. The number of ketones is 1. The molecule has 1 atom stereocenters. The predicted octanol–water partition coefficient (Wildman–Crippen LogP) is 2.32. The van der Waals surface area contributed by atoms with E-state index in [2.05, 4.69) is 6.58 Å². The zero-order valence-electron chi connectivity index (χ0n) is 7.96. The largest absolute Gasteiger partial charge is 0.501 e. The van der Waals surface area contributed by atoms with E-state index < -0.39 is 0 Å². The fourth-order valence-corrected chi connectivity index (χ4v) is 0.939. The van der Waals surface area contributed by atoms with Crippen LogP contribution in [0.25, 0.3) is 0 Å². The fraction of sp³-hybridized carbons (Fsp3) is 0.500. The number of carbonyl (C=O) groups is 1. The average Bonchev–Trinajstić information content (AvgIpc) is 2.04. The van der Waals surface area contributed by atoms with Gasteiger partial charge in [0, 0.05) is 0 Å². The molecule has 2 nitrogen and oxygen atoms in total. The van der Waals surface area contributed by atoms with Gasteiger partial charge in [-0.25, -0.2) is 0 Å². The van der Waals surface area contributed by atoms with Crippen LogP contribution < -0.4 is 0 Å². The Balaban J connectivity index is 4.23. The molecular weight excluding hydrogens is 152 g/mol. The highest BCUT2D eigenvalue weighted by molar-refractivity contribution is 5.80. The summed E-state index contributed by atoms with van der Waals surface area (Å²) in [7, 11) is 1.54. The first-order valence-electron chi connectivity index (χ1n) is 3.97. The molecule has 0 bridgehead atoms. The summed E-state index contributed by atoms with van der Waals surface area (Å²) in [6.07, 6.45) is 4.54. The van der Waals surface area contributed by atoms with Crippen molar-refractivity contribution in [3.63, 3.8) is 0 Å². The van der Waals surface area contributed by atoms with Crippen LogP contribution in [0.1, 0.15) is 20.3 Å². The van der Waals surface area contributed by atoms with Crippen molar-refractivity contribution in [2.75, 3.05) is 7.11 Å². The van der Waals surface area contributed by atoms with E-state index in [9.17, 15) is 4.79 Å². The SMILES string of the molecule is C=C(OC)C(CC=CC)C(C)=O. The maximum absolute atomic E-state index is 11.1. The van der Waals surface area contributed by atoms with Crippen molar-refractivity contribution in [3.8, 4) is 0 Å². The summed E-state index contributed by atoms with van der Waals surface area (Å²) in [5, 5.41) is 0. The quantitative estimate of drug-likeness (QED) is 0.465. The summed E-state index contributed by atoms with van der Waals surface area (Å²) in [5.74, 6) is 0.451. The first-order chi connectivity index (χ1) is 5.63. The third kappa shape index (κ3) is 3.37. The van der Waals surface area contributed by atoms with Gasteiger partial charge in [0.1, 0.15) is 5.78 Å². The number of rotatable bonds is 5. The van der Waals surface area contributed by atoms with Crippen molar-refractivity contribution < 1.29 is 9.53 Å². The standard InChI is InChI=1S/C10H16O2/c1-5-6-7-10(8(2)11)9(3)12-4/h5-6,10H,3,7H2,1-2,4H3. The van der Waals surface area contributed by atoms with Crippen LogP contribution in [0.15, 0.2) is 24.5 Å². The molecule has 0 aromatic carbocycles. The molecule has 0 spiro atoms. The lowest BCUT2D eigenvalue weighted by Gasteiger charge is -2.12. The molecule has 12 heavy (non-hydrogen) atoms. The van der Waals surface area contributed by atoms with E-state index in [0.717, 1.165) is 0 Å². The van der Waals surface area contributed by atoms with Crippen LogP contribution in [0.3, 0.4) is 0 Å². The third-order valence-electron chi connectivity index (χ3n) is 1.75. The molecule has 0 aromatic heterocycles. The maximum atomic E-state index is 11.1. The Morgan fingerprint density at radius 3 is 2.58 bits per heavy atom. The van der Waals surface area contributed by atoms with Crippen molar-refractivity contribution in [2.45, 2.75) is 20.3 Å².